The predicted molar refractivity (Wildman–Crippen MR) is 114 cm³/mol. The number of benzene rings is 1. The van der Waals surface area contributed by atoms with Gasteiger partial charge in [-0.3, -0.25) is 23.9 Å². The average molecular weight is 412 g/mol. The molecule has 1 aliphatic heterocycles. The fourth-order valence-electron chi connectivity index (χ4n) is 4.45. The summed E-state index contributed by atoms with van der Waals surface area (Å²) in [6, 6.07) is 7.30. The average Bonchev–Trinajstić information content (AvgIpc) is 3.31. The number of para-hydroxylation sites is 2. The highest BCUT2D eigenvalue weighted by Crippen LogP contribution is 2.26. The minimum atomic E-state index is -0.285. The molecule has 1 aromatic carbocycles. The highest BCUT2D eigenvalue weighted by atomic mass is 16.2. The molecule has 2 aliphatic rings. The third kappa shape index (κ3) is 4.70. The lowest BCUT2D eigenvalue weighted by Gasteiger charge is -2.36. The normalized spacial score (nSPS) is 18.1. The summed E-state index contributed by atoms with van der Waals surface area (Å²) in [4.78, 5) is 45.4. The standard InChI is InChI=1S/C22H29N5O3/c28-20(16-27-19-8-4-3-7-18(19)24-15-21(27)29)23-9-10-25-11-13-26(14-12-25)22(30)17-5-1-2-6-17/h3-4,7-8,15,17H,1-2,5-6,9-14,16H2,(H,23,28). The Kier molecular flexibility index (Phi) is 6.42. The molecule has 2 fully saturated rings. The van der Waals surface area contributed by atoms with E-state index in [9.17, 15) is 14.4 Å². The number of carbonyl (C=O) groups excluding carboxylic acids is 2. The van der Waals surface area contributed by atoms with Gasteiger partial charge in [0.2, 0.25) is 11.8 Å². The van der Waals surface area contributed by atoms with Gasteiger partial charge in [-0.2, -0.15) is 0 Å². The summed E-state index contributed by atoms with van der Waals surface area (Å²) in [6.45, 7) is 4.44. The molecule has 1 aliphatic carbocycles. The van der Waals surface area contributed by atoms with E-state index in [1.54, 1.807) is 6.07 Å². The van der Waals surface area contributed by atoms with Gasteiger partial charge in [-0.15, -0.1) is 0 Å². The second kappa shape index (κ2) is 9.38. The highest BCUT2D eigenvalue weighted by molar-refractivity contribution is 5.80. The van der Waals surface area contributed by atoms with E-state index in [-0.39, 0.29) is 23.9 Å². The molecular formula is C22H29N5O3. The first-order valence-corrected chi connectivity index (χ1v) is 10.8. The molecule has 0 spiro atoms. The van der Waals surface area contributed by atoms with Gasteiger partial charge in [0.25, 0.3) is 5.56 Å². The monoisotopic (exact) mass is 411 g/mol. The van der Waals surface area contributed by atoms with Crippen LogP contribution in [0.4, 0.5) is 0 Å². The minimum Gasteiger partial charge on any atom is -0.353 e. The molecule has 1 N–H and O–H groups in total. The minimum absolute atomic E-state index is 0.0223. The Balaban J connectivity index is 1.22. The number of hydrogen-bond donors (Lipinski definition) is 1. The summed E-state index contributed by atoms with van der Waals surface area (Å²) >= 11 is 0. The van der Waals surface area contributed by atoms with Crippen LogP contribution in [-0.4, -0.2) is 70.4 Å². The van der Waals surface area contributed by atoms with Crippen molar-refractivity contribution in [2.75, 3.05) is 39.3 Å². The van der Waals surface area contributed by atoms with Gasteiger partial charge in [-0.1, -0.05) is 25.0 Å². The van der Waals surface area contributed by atoms with Gasteiger partial charge in [0.05, 0.1) is 17.2 Å². The van der Waals surface area contributed by atoms with Crippen LogP contribution in [0.2, 0.25) is 0 Å². The van der Waals surface area contributed by atoms with E-state index < -0.39 is 0 Å². The molecule has 0 unspecified atom stereocenters. The number of nitrogens with one attached hydrogen (secondary N) is 1. The summed E-state index contributed by atoms with van der Waals surface area (Å²) in [5, 5.41) is 2.91. The molecule has 8 heteroatoms. The lowest BCUT2D eigenvalue weighted by atomic mass is 10.1. The smallest absolute Gasteiger partial charge is 0.269 e. The molecule has 8 nitrogen and oxygen atoms in total. The van der Waals surface area contributed by atoms with Crippen LogP contribution in [0.5, 0.6) is 0 Å². The van der Waals surface area contributed by atoms with E-state index in [2.05, 4.69) is 15.2 Å². The zero-order valence-corrected chi connectivity index (χ0v) is 17.3. The van der Waals surface area contributed by atoms with Gasteiger partial charge >= 0.3 is 0 Å². The molecule has 4 rings (SSSR count). The Morgan fingerprint density at radius 1 is 1.07 bits per heavy atom. The van der Waals surface area contributed by atoms with Crippen molar-refractivity contribution in [1.82, 2.24) is 24.7 Å². The van der Waals surface area contributed by atoms with Crippen LogP contribution < -0.4 is 10.9 Å². The van der Waals surface area contributed by atoms with Crippen molar-refractivity contribution in [3.8, 4) is 0 Å². The van der Waals surface area contributed by atoms with Crippen molar-refractivity contribution in [2.24, 2.45) is 5.92 Å². The van der Waals surface area contributed by atoms with Crippen LogP contribution in [0, 0.1) is 5.92 Å². The molecule has 1 saturated heterocycles. The summed E-state index contributed by atoms with van der Waals surface area (Å²) < 4.78 is 1.45. The number of rotatable bonds is 6. The predicted octanol–water partition coefficient (Wildman–Crippen LogP) is 0.847. The Bertz CT molecular complexity index is 959. The van der Waals surface area contributed by atoms with E-state index in [1.165, 1.54) is 23.6 Å². The van der Waals surface area contributed by atoms with Crippen LogP contribution >= 0.6 is 0 Å². The van der Waals surface area contributed by atoms with Crippen LogP contribution in [-0.2, 0) is 16.1 Å². The maximum absolute atomic E-state index is 12.5. The second-order valence-corrected chi connectivity index (χ2v) is 8.17. The van der Waals surface area contributed by atoms with Crippen molar-refractivity contribution < 1.29 is 9.59 Å². The van der Waals surface area contributed by atoms with Gasteiger partial charge in [0.15, 0.2) is 0 Å². The van der Waals surface area contributed by atoms with Gasteiger partial charge in [0.1, 0.15) is 6.54 Å². The van der Waals surface area contributed by atoms with E-state index in [0.29, 0.717) is 23.5 Å². The molecule has 2 aromatic rings. The fraction of sp³-hybridized carbons (Fsp3) is 0.545. The van der Waals surface area contributed by atoms with E-state index >= 15 is 0 Å². The Hall–Kier alpha value is -2.74. The van der Waals surface area contributed by atoms with E-state index in [0.717, 1.165) is 45.6 Å². The molecule has 1 aromatic heterocycles. The van der Waals surface area contributed by atoms with Gasteiger partial charge in [0, 0.05) is 45.2 Å². The SMILES string of the molecule is O=C(Cn1c(=O)cnc2ccccc21)NCCN1CCN(C(=O)C2CCCC2)CC1. The van der Waals surface area contributed by atoms with Crippen molar-refractivity contribution in [3.05, 3.63) is 40.8 Å². The summed E-state index contributed by atoms with van der Waals surface area (Å²) in [7, 11) is 0. The molecule has 0 atom stereocenters. The molecule has 1 saturated carbocycles. The first-order valence-electron chi connectivity index (χ1n) is 10.8. The molecule has 30 heavy (non-hydrogen) atoms. The second-order valence-electron chi connectivity index (χ2n) is 8.17. The van der Waals surface area contributed by atoms with Gasteiger partial charge in [-0.05, 0) is 25.0 Å². The Labute approximate surface area is 175 Å². The van der Waals surface area contributed by atoms with Crippen molar-refractivity contribution in [1.29, 1.82) is 0 Å². The van der Waals surface area contributed by atoms with E-state index in [1.807, 2.05) is 23.1 Å². The number of nitrogens with zero attached hydrogens (tertiary/aromatic N) is 4. The number of hydrogen-bond acceptors (Lipinski definition) is 5. The molecule has 2 amide bonds. The molecule has 160 valence electrons. The van der Waals surface area contributed by atoms with Gasteiger partial charge in [-0.25, -0.2) is 4.98 Å². The van der Waals surface area contributed by atoms with Crippen LogP contribution in [0.3, 0.4) is 0 Å². The first kappa shape index (κ1) is 20.5. The van der Waals surface area contributed by atoms with Gasteiger partial charge < -0.3 is 10.2 Å². The molecular weight excluding hydrogens is 382 g/mol. The van der Waals surface area contributed by atoms with Crippen LogP contribution in [0.25, 0.3) is 11.0 Å². The molecule has 0 bridgehead atoms. The van der Waals surface area contributed by atoms with Crippen LogP contribution in [0.1, 0.15) is 25.7 Å². The van der Waals surface area contributed by atoms with E-state index in [4.69, 9.17) is 0 Å². The largest absolute Gasteiger partial charge is 0.353 e. The first-order chi connectivity index (χ1) is 14.6. The number of carbonyl (C=O) groups is 2. The third-order valence-corrected chi connectivity index (χ3v) is 6.19. The quantitative estimate of drug-likeness (QED) is 0.761. The number of aromatic nitrogens is 2. The molecule has 0 radical (unpaired) electrons. The van der Waals surface area contributed by atoms with Crippen molar-refractivity contribution in [2.45, 2.75) is 32.2 Å². The lowest BCUT2D eigenvalue weighted by Crippen LogP contribution is -2.51. The summed E-state index contributed by atoms with van der Waals surface area (Å²) in [6.07, 6.45) is 5.69. The molecule has 2 heterocycles. The van der Waals surface area contributed by atoms with Crippen LogP contribution in [0.15, 0.2) is 35.3 Å². The number of amides is 2. The Morgan fingerprint density at radius 2 is 1.80 bits per heavy atom. The number of piperazine rings is 1. The Morgan fingerprint density at radius 3 is 2.57 bits per heavy atom. The third-order valence-electron chi connectivity index (χ3n) is 6.19. The highest BCUT2D eigenvalue weighted by Gasteiger charge is 2.29. The lowest BCUT2D eigenvalue weighted by molar-refractivity contribution is -0.137. The maximum Gasteiger partial charge on any atom is 0.269 e. The summed E-state index contributed by atoms with van der Waals surface area (Å²) in [5.41, 5.74) is 1.06. The summed E-state index contributed by atoms with van der Waals surface area (Å²) in [5.74, 6) is 0.377. The maximum atomic E-state index is 12.5. The van der Waals surface area contributed by atoms with Crippen molar-refractivity contribution >= 4 is 22.8 Å². The number of fused-ring (bicyclic) bond motifs is 1. The zero-order chi connectivity index (χ0) is 20.9. The topological polar surface area (TPSA) is 87.5 Å². The van der Waals surface area contributed by atoms with Crippen molar-refractivity contribution in [3.63, 3.8) is 0 Å². The zero-order valence-electron chi connectivity index (χ0n) is 17.3. The fourth-order valence-corrected chi connectivity index (χ4v) is 4.45.